The number of rotatable bonds is 1. The molecule has 0 amide bonds. The number of aromatic nitrogens is 1. The van der Waals surface area contributed by atoms with Crippen LogP contribution in [0, 0.1) is 27.7 Å². The second-order valence-corrected chi connectivity index (χ2v) is 7.35. The van der Waals surface area contributed by atoms with Crippen LogP contribution in [0.5, 0.6) is 0 Å². The van der Waals surface area contributed by atoms with Crippen LogP contribution >= 0.6 is 0 Å². The average Bonchev–Trinajstić information content (AvgIpc) is 3.32. The van der Waals surface area contributed by atoms with Gasteiger partial charge in [-0.05, 0) is 24.7 Å². The molecule has 4 aromatic carbocycles. The van der Waals surface area contributed by atoms with Crippen molar-refractivity contribution in [3.63, 3.8) is 0 Å². The van der Waals surface area contributed by atoms with Crippen molar-refractivity contribution >= 4 is 21.7 Å². The van der Waals surface area contributed by atoms with Crippen molar-refractivity contribution in [3.8, 4) is 5.69 Å². The first-order chi connectivity index (χ1) is 13.0. The maximum atomic E-state index is 2.33. The number of benzene rings is 2. The third-order valence-electron chi connectivity index (χ3n) is 5.52. The molecule has 0 aliphatic carbocycles. The van der Waals surface area contributed by atoms with Crippen molar-refractivity contribution < 1.29 is 35.6 Å². The van der Waals surface area contributed by atoms with Crippen LogP contribution < -0.4 is 9.41 Å². The minimum Gasteiger partial charge on any atom is -1.00 e. The molecule has 0 aliphatic heterocycles. The van der Waals surface area contributed by atoms with Crippen LogP contribution in [-0.4, -0.2) is 4.57 Å². The average molecular weight is 481 g/mol. The van der Waals surface area contributed by atoms with Gasteiger partial charge in [0.25, 0.3) is 0 Å². The monoisotopic (exact) mass is 479 g/mol. The van der Waals surface area contributed by atoms with Crippen molar-refractivity contribution in [3.05, 3.63) is 101 Å². The number of nitrogens with zero attached hydrogens (tertiary/aromatic N) is 1. The van der Waals surface area contributed by atoms with Crippen LogP contribution in [-0.2, 0) is 26.2 Å². The van der Waals surface area contributed by atoms with E-state index in [2.05, 4.69) is 111 Å². The van der Waals surface area contributed by atoms with Crippen LogP contribution in [0.3, 0.4) is 0 Å². The SMILES string of the molecule is Cc1cc2ccccc2n1-c1cc2ccccc2[cH-]1.Cc1cc[c-](C)c1C.[F-].[F-].[Zr+4]. The van der Waals surface area contributed by atoms with Gasteiger partial charge in [-0.25, -0.2) is 6.07 Å². The van der Waals surface area contributed by atoms with Gasteiger partial charge in [-0.2, -0.15) is 22.8 Å². The summed E-state index contributed by atoms with van der Waals surface area (Å²) in [5.41, 5.74) is 8.04. The number of hydrogen-bond donors (Lipinski definition) is 0. The van der Waals surface area contributed by atoms with Gasteiger partial charge in [0.2, 0.25) is 0 Å². The topological polar surface area (TPSA) is 4.93 Å². The van der Waals surface area contributed by atoms with Crippen molar-refractivity contribution in [1.82, 2.24) is 4.57 Å². The fourth-order valence-electron chi connectivity index (χ4n) is 3.71. The molecule has 0 bridgehead atoms. The first kappa shape index (κ1) is 25.7. The van der Waals surface area contributed by atoms with E-state index < -0.39 is 0 Å². The Morgan fingerprint density at radius 2 is 1.43 bits per heavy atom. The molecule has 0 radical (unpaired) electrons. The van der Waals surface area contributed by atoms with Gasteiger partial charge in [0.1, 0.15) is 0 Å². The summed E-state index contributed by atoms with van der Waals surface area (Å²) in [6, 6.07) is 28.1. The molecule has 4 heteroatoms. The normalized spacial score (nSPS) is 9.87. The summed E-state index contributed by atoms with van der Waals surface area (Å²) in [6.07, 6.45) is 0. The first-order valence-corrected chi connectivity index (χ1v) is 9.47. The summed E-state index contributed by atoms with van der Waals surface area (Å²) in [7, 11) is 0. The molecule has 0 saturated heterocycles. The summed E-state index contributed by atoms with van der Waals surface area (Å²) in [5.74, 6) is 0. The zero-order valence-corrected chi connectivity index (χ0v) is 20.2. The molecule has 1 heterocycles. The molecular formula is C26H25F2NZr. The molecular weight excluding hydrogens is 456 g/mol. The summed E-state index contributed by atoms with van der Waals surface area (Å²) in [6.45, 7) is 8.60. The van der Waals surface area contributed by atoms with Gasteiger partial charge in [0.05, 0.1) is 5.52 Å². The van der Waals surface area contributed by atoms with Crippen LogP contribution in [0.2, 0.25) is 0 Å². The molecule has 5 rings (SSSR count). The minimum atomic E-state index is 0. The van der Waals surface area contributed by atoms with Gasteiger partial charge in [-0.3, -0.25) is 0 Å². The Morgan fingerprint density at radius 3 is 2.00 bits per heavy atom. The maximum Gasteiger partial charge on any atom is 4.00 e. The van der Waals surface area contributed by atoms with Gasteiger partial charge in [-0.15, -0.1) is 41.1 Å². The zero-order chi connectivity index (χ0) is 19.0. The van der Waals surface area contributed by atoms with E-state index in [1.807, 2.05) is 0 Å². The smallest absolute Gasteiger partial charge is 1.00 e. The number of fused-ring (bicyclic) bond motifs is 2. The summed E-state index contributed by atoms with van der Waals surface area (Å²) in [4.78, 5) is 0. The molecule has 1 nitrogen and oxygen atoms in total. The van der Waals surface area contributed by atoms with E-state index in [0.717, 1.165) is 0 Å². The van der Waals surface area contributed by atoms with E-state index in [0.29, 0.717) is 0 Å². The fraction of sp³-hybridized carbons (Fsp3) is 0.154. The van der Waals surface area contributed by atoms with E-state index in [1.54, 1.807) is 0 Å². The van der Waals surface area contributed by atoms with Gasteiger partial charge in [0, 0.05) is 11.1 Å². The molecule has 0 aliphatic rings. The zero-order valence-electron chi connectivity index (χ0n) is 17.7. The van der Waals surface area contributed by atoms with Gasteiger partial charge >= 0.3 is 26.2 Å². The number of aryl methyl sites for hydroxylation is 3. The van der Waals surface area contributed by atoms with Crippen molar-refractivity contribution in [2.45, 2.75) is 27.7 Å². The van der Waals surface area contributed by atoms with E-state index >= 15 is 0 Å². The molecule has 0 fully saturated rings. The minimum absolute atomic E-state index is 0. The Kier molecular flexibility index (Phi) is 9.12. The maximum absolute atomic E-state index is 2.33. The Balaban J connectivity index is 0.000000355. The third-order valence-corrected chi connectivity index (χ3v) is 5.52. The van der Waals surface area contributed by atoms with Crippen LogP contribution in [0.1, 0.15) is 22.4 Å². The number of halogens is 2. The van der Waals surface area contributed by atoms with Crippen LogP contribution in [0.15, 0.2) is 78.9 Å². The molecule has 152 valence electrons. The predicted molar refractivity (Wildman–Crippen MR) is 117 cm³/mol. The first-order valence-electron chi connectivity index (χ1n) is 9.47. The Labute approximate surface area is 195 Å². The molecule has 30 heavy (non-hydrogen) atoms. The van der Waals surface area contributed by atoms with Gasteiger partial charge in [0.15, 0.2) is 0 Å². The number of para-hydroxylation sites is 1. The number of hydrogen-bond acceptors (Lipinski definition) is 0. The second-order valence-electron chi connectivity index (χ2n) is 7.35. The summed E-state index contributed by atoms with van der Waals surface area (Å²) in [5, 5.41) is 3.90. The van der Waals surface area contributed by atoms with Crippen molar-refractivity contribution in [2.75, 3.05) is 0 Å². The molecule has 0 N–H and O–H groups in total. The van der Waals surface area contributed by atoms with Crippen molar-refractivity contribution in [1.29, 1.82) is 0 Å². The van der Waals surface area contributed by atoms with Gasteiger partial charge < -0.3 is 14.0 Å². The molecule has 5 aromatic rings. The molecule has 1 aromatic heterocycles. The van der Waals surface area contributed by atoms with Crippen molar-refractivity contribution in [2.24, 2.45) is 0 Å². The molecule has 0 unspecified atom stereocenters. The standard InChI is InChI=1S/C18H14N.C8H11.2FH.Zr/c1-13-10-16-8-4-5-9-18(16)19(13)17-11-14-6-2-3-7-15(14)12-17;1-6-4-5-7(2)8(6)3;;;/h2-12H,1H3;4-5H,1-3H3;2*1H;/q2*-1;;;+4/p-2. The van der Waals surface area contributed by atoms with E-state index in [9.17, 15) is 0 Å². The Bertz CT molecular complexity index is 1170. The summed E-state index contributed by atoms with van der Waals surface area (Å²) >= 11 is 0. The summed E-state index contributed by atoms with van der Waals surface area (Å²) < 4.78 is 2.33. The largest absolute Gasteiger partial charge is 4.00 e. The van der Waals surface area contributed by atoms with Gasteiger partial charge in [-0.1, -0.05) is 45.0 Å². The predicted octanol–water partition coefficient (Wildman–Crippen LogP) is 1.15. The third kappa shape index (κ3) is 4.87. The Morgan fingerprint density at radius 1 is 0.800 bits per heavy atom. The molecule has 0 atom stereocenters. The van der Waals surface area contributed by atoms with E-state index in [-0.39, 0.29) is 35.6 Å². The van der Waals surface area contributed by atoms with E-state index in [4.69, 9.17) is 0 Å². The molecule has 0 spiro atoms. The fourth-order valence-corrected chi connectivity index (χ4v) is 3.71. The Hall–Kier alpha value is -2.32. The quantitative estimate of drug-likeness (QED) is 0.317. The van der Waals surface area contributed by atoms with E-state index in [1.165, 1.54) is 49.7 Å². The second kappa shape index (κ2) is 10.6. The van der Waals surface area contributed by atoms with Crippen LogP contribution in [0.4, 0.5) is 0 Å². The van der Waals surface area contributed by atoms with Crippen LogP contribution in [0.25, 0.3) is 27.4 Å². The molecule has 0 saturated carbocycles.